The van der Waals surface area contributed by atoms with E-state index in [4.69, 9.17) is 4.74 Å². The molecule has 2 unspecified atom stereocenters. The van der Waals surface area contributed by atoms with Crippen molar-refractivity contribution in [2.45, 2.75) is 32.9 Å². The molecule has 1 heterocycles. The van der Waals surface area contributed by atoms with Crippen LogP contribution in [0.25, 0.3) is 0 Å². The molecule has 0 saturated carbocycles. The van der Waals surface area contributed by atoms with Crippen molar-refractivity contribution in [1.82, 2.24) is 5.32 Å². The molecule has 1 saturated heterocycles. The van der Waals surface area contributed by atoms with Gasteiger partial charge in [-0.15, -0.1) is 0 Å². The molecule has 1 aliphatic rings. The molecule has 0 amide bonds. The molecular weight excluding hydrogens is 224 g/mol. The maximum atomic E-state index is 5.48. The highest BCUT2D eigenvalue weighted by Crippen LogP contribution is 2.22. The Balaban J connectivity index is 2.06. The summed E-state index contributed by atoms with van der Waals surface area (Å²) in [4.78, 5) is 2.42. The molecule has 2 atom stereocenters. The molecule has 0 bridgehead atoms. The number of benzene rings is 1. The van der Waals surface area contributed by atoms with Crippen molar-refractivity contribution in [3.63, 3.8) is 0 Å². The summed E-state index contributed by atoms with van der Waals surface area (Å²) in [6, 6.07) is 9.80. The van der Waals surface area contributed by atoms with Gasteiger partial charge in [0.15, 0.2) is 0 Å². The minimum atomic E-state index is 0.422. The lowest BCUT2D eigenvalue weighted by atomic mass is 10.1. The van der Waals surface area contributed by atoms with Gasteiger partial charge in [0.2, 0.25) is 0 Å². The number of morpholine rings is 1. The maximum absolute atomic E-state index is 5.48. The van der Waals surface area contributed by atoms with Gasteiger partial charge >= 0.3 is 0 Å². The first-order chi connectivity index (χ1) is 8.72. The van der Waals surface area contributed by atoms with E-state index in [-0.39, 0.29) is 0 Å². The second-order valence-electron chi connectivity index (χ2n) is 4.99. The van der Waals surface area contributed by atoms with Gasteiger partial charge in [0, 0.05) is 24.3 Å². The molecule has 1 fully saturated rings. The van der Waals surface area contributed by atoms with Crippen LogP contribution in [0, 0.1) is 0 Å². The lowest BCUT2D eigenvalue weighted by Crippen LogP contribution is -2.43. The standard InChI is InChI=1S/C15H24N2O/c1-4-16-13(3)14-5-7-15(8-6-14)17-9-10-18-11-12(17)2/h5-8,12-13,16H,4,9-11H2,1-3H3. The van der Waals surface area contributed by atoms with Gasteiger partial charge in [0.1, 0.15) is 0 Å². The van der Waals surface area contributed by atoms with Gasteiger partial charge in [-0.05, 0) is 38.1 Å². The van der Waals surface area contributed by atoms with Crippen LogP contribution in [0.2, 0.25) is 0 Å². The van der Waals surface area contributed by atoms with E-state index in [2.05, 4.69) is 55.3 Å². The van der Waals surface area contributed by atoms with Crippen LogP contribution in [0.1, 0.15) is 32.4 Å². The minimum Gasteiger partial charge on any atom is -0.377 e. The number of hydrogen-bond acceptors (Lipinski definition) is 3. The molecule has 1 N–H and O–H groups in total. The lowest BCUT2D eigenvalue weighted by molar-refractivity contribution is 0.0989. The van der Waals surface area contributed by atoms with Gasteiger partial charge in [0.05, 0.1) is 13.2 Å². The van der Waals surface area contributed by atoms with Gasteiger partial charge in [0.25, 0.3) is 0 Å². The van der Waals surface area contributed by atoms with Gasteiger partial charge in [-0.2, -0.15) is 0 Å². The third-order valence-electron chi connectivity index (χ3n) is 3.60. The van der Waals surface area contributed by atoms with Crippen molar-refractivity contribution >= 4 is 5.69 Å². The summed E-state index contributed by atoms with van der Waals surface area (Å²) in [5, 5.41) is 3.44. The predicted molar refractivity (Wildman–Crippen MR) is 76.2 cm³/mol. The Bertz CT molecular complexity index is 363. The fourth-order valence-corrected chi connectivity index (χ4v) is 2.49. The molecule has 0 aliphatic carbocycles. The second kappa shape index (κ2) is 6.21. The van der Waals surface area contributed by atoms with Gasteiger partial charge in [-0.25, -0.2) is 0 Å². The molecule has 18 heavy (non-hydrogen) atoms. The number of hydrogen-bond donors (Lipinski definition) is 1. The van der Waals surface area contributed by atoms with Crippen LogP contribution in [-0.2, 0) is 4.74 Å². The number of nitrogens with zero attached hydrogens (tertiary/aromatic N) is 1. The van der Waals surface area contributed by atoms with Crippen LogP contribution in [0.5, 0.6) is 0 Å². The SMILES string of the molecule is CCNC(C)c1ccc(N2CCOCC2C)cc1. The first-order valence-corrected chi connectivity index (χ1v) is 6.90. The highest BCUT2D eigenvalue weighted by Gasteiger charge is 2.18. The predicted octanol–water partition coefficient (Wildman–Crippen LogP) is 2.58. The summed E-state index contributed by atoms with van der Waals surface area (Å²) in [5.74, 6) is 0. The first-order valence-electron chi connectivity index (χ1n) is 6.90. The van der Waals surface area contributed by atoms with Crippen LogP contribution in [0.15, 0.2) is 24.3 Å². The molecule has 3 heteroatoms. The van der Waals surface area contributed by atoms with Crippen LogP contribution < -0.4 is 10.2 Å². The van der Waals surface area contributed by atoms with E-state index < -0.39 is 0 Å². The average Bonchev–Trinajstić information content (AvgIpc) is 2.40. The Kier molecular flexibility index (Phi) is 4.61. The fourth-order valence-electron chi connectivity index (χ4n) is 2.49. The van der Waals surface area contributed by atoms with E-state index in [1.54, 1.807) is 0 Å². The van der Waals surface area contributed by atoms with E-state index >= 15 is 0 Å². The zero-order valence-electron chi connectivity index (χ0n) is 11.6. The van der Waals surface area contributed by atoms with Gasteiger partial charge < -0.3 is 15.0 Å². The largest absolute Gasteiger partial charge is 0.377 e. The smallest absolute Gasteiger partial charge is 0.0668 e. The van der Waals surface area contributed by atoms with Crippen LogP contribution in [0.4, 0.5) is 5.69 Å². The summed E-state index contributed by atoms with van der Waals surface area (Å²) < 4.78 is 5.48. The van der Waals surface area contributed by atoms with Gasteiger partial charge in [-0.1, -0.05) is 19.1 Å². The molecule has 100 valence electrons. The summed E-state index contributed by atoms with van der Waals surface area (Å²) in [5.41, 5.74) is 2.65. The summed E-state index contributed by atoms with van der Waals surface area (Å²) in [6.07, 6.45) is 0. The summed E-state index contributed by atoms with van der Waals surface area (Å²) in [7, 11) is 0. The summed E-state index contributed by atoms with van der Waals surface area (Å²) in [6.45, 7) is 10.2. The van der Waals surface area contributed by atoms with Crippen molar-refractivity contribution in [3.05, 3.63) is 29.8 Å². The van der Waals surface area contributed by atoms with Crippen molar-refractivity contribution in [3.8, 4) is 0 Å². The van der Waals surface area contributed by atoms with E-state index in [1.807, 2.05) is 0 Å². The third kappa shape index (κ3) is 3.03. The van der Waals surface area contributed by atoms with E-state index in [9.17, 15) is 0 Å². The maximum Gasteiger partial charge on any atom is 0.0668 e. The highest BCUT2D eigenvalue weighted by molar-refractivity contribution is 5.49. The van der Waals surface area contributed by atoms with E-state index in [0.717, 1.165) is 26.3 Å². The molecule has 1 aliphatic heterocycles. The molecule has 0 spiro atoms. The van der Waals surface area contributed by atoms with Crippen LogP contribution in [0.3, 0.4) is 0 Å². The fraction of sp³-hybridized carbons (Fsp3) is 0.600. The lowest BCUT2D eigenvalue weighted by Gasteiger charge is -2.35. The Hall–Kier alpha value is -1.06. The number of nitrogens with one attached hydrogen (secondary N) is 1. The van der Waals surface area contributed by atoms with Crippen molar-refractivity contribution in [2.24, 2.45) is 0 Å². The number of ether oxygens (including phenoxy) is 1. The highest BCUT2D eigenvalue weighted by atomic mass is 16.5. The molecule has 1 aromatic carbocycles. The zero-order valence-corrected chi connectivity index (χ0v) is 11.6. The number of anilines is 1. The quantitative estimate of drug-likeness (QED) is 0.886. The Morgan fingerprint density at radius 3 is 2.72 bits per heavy atom. The zero-order chi connectivity index (χ0) is 13.0. The topological polar surface area (TPSA) is 24.5 Å². The minimum absolute atomic E-state index is 0.422. The normalized spacial score (nSPS) is 21.9. The molecular formula is C15H24N2O. The Morgan fingerprint density at radius 1 is 1.39 bits per heavy atom. The molecule has 0 aromatic heterocycles. The van der Waals surface area contributed by atoms with Crippen molar-refractivity contribution in [1.29, 1.82) is 0 Å². The van der Waals surface area contributed by atoms with Crippen molar-refractivity contribution in [2.75, 3.05) is 31.2 Å². The van der Waals surface area contributed by atoms with Crippen molar-refractivity contribution < 1.29 is 4.74 Å². The first kappa shape index (κ1) is 13.4. The van der Waals surface area contributed by atoms with Crippen LogP contribution >= 0.6 is 0 Å². The Labute approximate surface area is 110 Å². The van der Waals surface area contributed by atoms with E-state index in [0.29, 0.717) is 12.1 Å². The molecule has 3 nitrogen and oxygen atoms in total. The average molecular weight is 248 g/mol. The van der Waals surface area contributed by atoms with E-state index in [1.165, 1.54) is 11.3 Å². The Morgan fingerprint density at radius 2 is 2.11 bits per heavy atom. The van der Waals surface area contributed by atoms with Gasteiger partial charge in [-0.3, -0.25) is 0 Å². The monoisotopic (exact) mass is 248 g/mol. The molecule has 1 aromatic rings. The summed E-state index contributed by atoms with van der Waals surface area (Å²) >= 11 is 0. The second-order valence-corrected chi connectivity index (χ2v) is 4.99. The third-order valence-corrected chi connectivity index (χ3v) is 3.60. The number of rotatable bonds is 4. The molecule has 2 rings (SSSR count). The molecule has 0 radical (unpaired) electrons. The van der Waals surface area contributed by atoms with Crippen LogP contribution in [-0.4, -0.2) is 32.3 Å².